The van der Waals surface area contributed by atoms with E-state index in [9.17, 15) is 14.0 Å². The van der Waals surface area contributed by atoms with Gasteiger partial charge in [-0.15, -0.1) is 0 Å². The highest BCUT2D eigenvalue weighted by Crippen LogP contribution is 2.27. The van der Waals surface area contributed by atoms with Crippen LogP contribution in [0.1, 0.15) is 0 Å². The number of β-amino-alcohol motifs (C(OH)–C–C–N with tert-alkyl or cyclic N) is 1. The summed E-state index contributed by atoms with van der Waals surface area (Å²) in [7, 11) is 0. The van der Waals surface area contributed by atoms with Crippen molar-refractivity contribution in [3.8, 4) is 0 Å². The summed E-state index contributed by atoms with van der Waals surface area (Å²) >= 11 is 3.16. The first-order valence-corrected chi connectivity index (χ1v) is 6.23. The smallest absolute Gasteiger partial charge is 0.277 e. The molecule has 7 heteroatoms. The number of carbonyl (C=O) groups is 2. The minimum absolute atomic E-state index is 0.0238. The van der Waals surface area contributed by atoms with Crippen LogP contribution in [-0.2, 0) is 9.59 Å². The van der Waals surface area contributed by atoms with Crippen LogP contribution in [0, 0.1) is 5.82 Å². The van der Waals surface area contributed by atoms with Crippen molar-refractivity contribution in [2.45, 2.75) is 0 Å². The number of nitrogens with zero attached hydrogens (tertiary/aromatic N) is 1. The number of halogens is 2. The van der Waals surface area contributed by atoms with E-state index in [0.29, 0.717) is 4.47 Å². The number of carbonyl (C=O) groups excluding carboxylic acids is 2. The number of para-hydroxylation sites is 1. The number of nitrogens with one attached hydrogen (secondary N) is 1. The van der Waals surface area contributed by atoms with Crippen LogP contribution in [0.2, 0.25) is 0 Å². The van der Waals surface area contributed by atoms with Crippen LogP contribution in [0.5, 0.6) is 0 Å². The van der Waals surface area contributed by atoms with Crippen LogP contribution >= 0.6 is 15.9 Å². The van der Waals surface area contributed by atoms with E-state index in [1.807, 2.05) is 0 Å². The molecule has 0 spiro atoms. The Kier molecular flexibility index (Phi) is 3.96. The second-order valence-corrected chi connectivity index (χ2v) is 4.65. The summed E-state index contributed by atoms with van der Waals surface area (Å²) in [5.74, 6) is -1.67. The summed E-state index contributed by atoms with van der Waals surface area (Å²) in [4.78, 5) is 24.3. The average molecular weight is 329 g/mol. The molecule has 0 fully saturated rings. The van der Waals surface area contributed by atoms with Crippen molar-refractivity contribution in [1.29, 1.82) is 0 Å². The lowest BCUT2D eigenvalue weighted by Gasteiger charge is -2.14. The van der Waals surface area contributed by atoms with Gasteiger partial charge in [0.2, 0.25) is 0 Å². The Balaban J connectivity index is 2.23. The summed E-state index contributed by atoms with van der Waals surface area (Å²) in [5.41, 5.74) is 0.0602. The van der Waals surface area contributed by atoms with Gasteiger partial charge in [-0.2, -0.15) is 0 Å². The molecule has 1 aliphatic heterocycles. The highest BCUT2D eigenvalue weighted by molar-refractivity contribution is 9.10. The topological polar surface area (TPSA) is 69.6 Å². The van der Waals surface area contributed by atoms with Gasteiger partial charge in [-0.05, 0) is 28.1 Å². The molecule has 5 nitrogen and oxygen atoms in total. The van der Waals surface area contributed by atoms with Crippen molar-refractivity contribution in [3.63, 3.8) is 0 Å². The van der Waals surface area contributed by atoms with Gasteiger partial charge in [0.05, 0.1) is 18.8 Å². The Morgan fingerprint density at radius 3 is 2.74 bits per heavy atom. The second-order valence-electron chi connectivity index (χ2n) is 3.80. The first-order valence-electron chi connectivity index (χ1n) is 5.44. The molecule has 0 atom stereocenters. The molecule has 100 valence electrons. The molecule has 1 heterocycles. The maximum atomic E-state index is 13.6. The zero-order valence-electron chi connectivity index (χ0n) is 9.69. The van der Waals surface area contributed by atoms with Gasteiger partial charge >= 0.3 is 0 Å². The summed E-state index contributed by atoms with van der Waals surface area (Å²) in [6, 6.07) is 4.36. The molecule has 0 saturated heterocycles. The minimum Gasteiger partial charge on any atom is -0.395 e. The number of benzene rings is 1. The largest absolute Gasteiger partial charge is 0.395 e. The highest BCUT2D eigenvalue weighted by atomic mass is 79.9. The van der Waals surface area contributed by atoms with E-state index >= 15 is 0 Å². The van der Waals surface area contributed by atoms with Crippen LogP contribution in [0.4, 0.5) is 10.1 Å². The van der Waals surface area contributed by atoms with Gasteiger partial charge in [0.25, 0.3) is 11.8 Å². The number of amides is 2. The van der Waals surface area contributed by atoms with E-state index in [0.717, 1.165) is 11.0 Å². The number of aliphatic hydroxyl groups excluding tert-OH is 1. The molecule has 2 rings (SSSR count). The molecule has 1 aromatic carbocycles. The van der Waals surface area contributed by atoms with Crippen LogP contribution in [0.25, 0.3) is 0 Å². The molecule has 0 radical (unpaired) electrons. The van der Waals surface area contributed by atoms with Crippen molar-refractivity contribution >= 4 is 33.4 Å². The van der Waals surface area contributed by atoms with Crippen molar-refractivity contribution in [2.75, 3.05) is 18.5 Å². The van der Waals surface area contributed by atoms with E-state index in [1.54, 1.807) is 6.07 Å². The highest BCUT2D eigenvalue weighted by Gasteiger charge is 2.31. The standard InChI is InChI=1S/C12H10BrFN2O3/c13-7-2-1-3-8(14)11(7)15-9-6-10(18)16(4-5-17)12(9)19/h1-3,6,15,17H,4-5H2. The summed E-state index contributed by atoms with van der Waals surface area (Å²) < 4.78 is 14.0. The van der Waals surface area contributed by atoms with E-state index in [2.05, 4.69) is 21.2 Å². The second kappa shape index (κ2) is 5.50. The van der Waals surface area contributed by atoms with Crippen molar-refractivity contribution < 1.29 is 19.1 Å². The number of hydrogen-bond acceptors (Lipinski definition) is 4. The molecule has 0 aromatic heterocycles. The predicted octanol–water partition coefficient (Wildman–Crippen LogP) is 1.25. The fraction of sp³-hybridized carbons (Fsp3) is 0.167. The van der Waals surface area contributed by atoms with Crippen LogP contribution in [0.15, 0.2) is 34.4 Å². The molecular formula is C12H10BrFN2O3. The van der Waals surface area contributed by atoms with Crippen molar-refractivity contribution in [2.24, 2.45) is 0 Å². The van der Waals surface area contributed by atoms with Crippen LogP contribution in [0.3, 0.4) is 0 Å². The van der Waals surface area contributed by atoms with E-state index in [4.69, 9.17) is 5.11 Å². The first-order chi connectivity index (χ1) is 9.04. The lowest BCUT2D eigenvalue weighted by molar-refractivity contribution is -0.137. The molecule has 1 aromatic rings. The lowest BCUT2D eigenvalue weighted by Crippen LogP contribution is -2.34. The summed E-state index contributed by atoms with van der Waals surface area (Å²) in [6.45, 7) is -0.403. The van der Waals surface area contributed by atoms with Gasteiger partial charge in [0.1, 0.15) is 11.5 Å². The number of aliphatic hydroxyl groups is 1. The van der Waals surface area contributed by atoms with E-state index < -0.39 is 17.6 Å². The average Bonchev–Trinajstić information content (AvgIpc) is 2.62. The zero-order chi connectivity index (χ0) is 14.0. The Bertz CT molecular complexity index is 554. The van der Waals surface area contributed by atoms with Gasteiger partial charge in [-0.25, -0.2) is 4.39 Å². The third-order valence-electron chi connectivity index (χ3n) is 2.56. The Hall–Kier alpha value is -1.73. The molecule has 0 unspecified atom stereocenters. The fourth-order valence-electron chi connectivity index (χ4n) is 1.66. The molecule has 19 heavy (non-hydrogen) atoms. The fourth-order valence-corrected chi connectivity index (χ4v) is 2.10. The van der Waals surface area contributed by atoms with Gasteiger partial charge in [0, 0.05) is 10.5 Å². The zero-order valence-corrected chi connectivity index (χ0v) is 11.3. The number of anilines is 1. The molecule has 0 saturated carbocycles. The van der Waals surface area contributed by atoms with Gasteiger partial charge < -0.3 is 10.4 Å². The maximum Gasteiger partial charge on any atom is 0.277 e. The Labute approximate surface area is 116 Å². The minimum atomic E-state index is -0.589. The normalized spacial score (nSPS) is 14.9. The number of rotatable bonds is 4. The molecule has 2 amide bonds. The summed E-state index contributed by atoms with van der Waals surface area (Å²) in [6.07, 6.45) is 1.08. The quantitative estimate of drug-likeness (QED) is 0.816. The van der Waals surface area contributed by atoms with Crippen LogP contribution in [-0.4, -0.2) is 35.0 Å². The SMILES string of the molecule is O=C1C=C(Nc2c(F)cccc2Br)C(=O)N1CCO. The lowest BCUT2D eigenvalue weighted by atomic mass is 10.3. The Morgan fingerprint density at radius 1 is 1.37 bits per heavy atom. The van der Waals surface area contributed by atoms with Gasteiger partial charge in [-0.1, -0.05) is 6.07 Å². The third kappa shape index (κ3) is 2.66. The Morgan fingerprint density at radius 2 is 2.11 bits per heavy atom. The van der Waals surface area contributed by atoms with Crippen LogP contribution < -0.4 is 5.32 Å². The molecule has 0 aliphatic carbocycles. The molecule has 1 aliphatic rings. The first kappa shape index (κ1) is 13.7. The van der Waals surface area contributed by atoms with Crippen molar-refractivity contribution in [3.05, 3.63) is 40.3 Å². The van der Waals surface area contributed by atoms with E-state index in [1.165, 1.54) is 12.1 Å². The van der Waals surface area contributed by atoms with Gasteiger partial charge in [-0.3, -0.25) is 14.5 Å². The molecule has 2 N–H and O–H groups in total. The van der Waals surface area contributed by atoms with Crippen molar-refractivity contribution in [1.82, 2.24) is 4.90 Å². The third-order valence-corrected chi connectivity index (χ3v) is 3.22. The maximum absolute atomic E-state index is 13.6. The molecule has 0 bridgehead atoms. The number of imide groups is 1. The predicted molar refractivity (Wildman–Crippen MR) is 69.6 cm³/mol. The molecular weight excluding hydrogens is 319 g/mol. The number of hydrogen-bond donors (Lipinski definition) is 2. The monoisotopic (exact) mass is 328 g/mol. The van der Waals surface area contributed by atoms with Gasteiger partial charge in [0.15, 0.2) is 0 Å². The summed E-state index contributed by atoms with van der Waals surface area (Å²) in [5, 5.41) is 11.4. The van der Waals surface area contributed by atoms with E-state index in [-0.39, 0.29) is 24.5 Å².